The summed E-state index contributed by atoms with van der Waals surface area (Å²) in [5.74, 6) is 2.78. The first-order valence-corrected chi connectivity index (χ1v) is 10.7. The number of hydrogen-bond donors (Lipinski definition) is 0. The highest BCUT2D eigenvalue weighted by molar-refractivity contribution is 14.1. The predicted octanol–water partition coefficient (Wildman–Crippen LogP) is 2.19. The van der Waals surface area contributed by atoms with Gasteiger partial charge in [0.25, 0.3) is 5.91 Å². The van der Waals surface area contributed by atoms with Crippen LogP contribution in [0.3, 0.4) is 0 Å². The summed E-state index contributed by atoms with van der Waals surface area (Å²) in [7, 11) is 0. The molecule has 7 nitrogen and oxygen atoms in total. The number of carbonyl (C=O) groups is 1. The zero-order valence-corrected chi connectivity index (χ0v) is 18.1. The lowest BCUT2D eigenvalue weighted by molar-refractivity contribution is 0.0746. The van der Waals surface area contributed by atoms with Crippen LogP contribution >= 0.6 is 22.6 Å². The SMILES string of the molecule is Cc1nc(N2CCOCC2)cc(N2CCN(C(=O)c3cccc(I)c3)CC2)n1. The molecule has 0 aliphatic carbocycles. The van der Waals surface area contributed by atoms with E-state index in [9.17, 15) is 4.79 Å². The molecule has 1 aromatic heterocycles. The molecule has 0 atom stereocenters. The van der Waals surface area contributed by atoms with Gasteiger partial charge in [-0.25, -0.2) is 9.97 Å². The molecular formula is C20H24IN5O2. The van der Waals surface area contributed by atoms with E-state index in [1.165, 1.54) is 0 Å². The summed E-state index contributed by atoms with van der Waals surface area (Å²) >= 11 is 2.24. The van der Waals surface area contributed by atoms with Gasteiger partial charge in [0.1, 0.15) is 17.5 Å². The first kappa shape index (κ1) is 19.4. The van der Waals surface area contributed by atoms with Crippen molar-refractivity contribution in [2.75, 3.05) is 62.3 Å². The second-order valence-electron chi connectivity index (χ2n) is 7.02. The maximum Gasteiger partial charge on any atom is 0.254 e. The normalized spacial score (nSPS) is 17.7. The average molecular weight is 493 g/mol. The molecule has 0 radical (unpaired) electrons. The van der Waals surface area contributed by atoms with Gasteiger partial charge in [0.2, 0.25) is 0 Å². The zero-order valence-electron chi connectivity index (χ0n) is 16.0. The lowest BCUT2D eigenvalue weighted by Crippen LogP contribution is -2.49. The van der Waals surface area contributed by atoms with Crippen LogP contribution in [-0.4, -0.2) is 73.3 Å². The highest BCUT2D eigenvalue weighted by Crippen LogP contribution is 2.22. The Morgan fingerprint density at radius 3 is 2.25 bits per heavy atom. The van der Waals surface area contributed by atoms with Gasteiger partial charge in [-0.1, -0.05) is 6.07 Å². The molecule has 8 heteroatoms. The van der Waals surface area contributed by atoms with Gasteiger partial charge in [-0.2, -0.15) is 0 Å². The van der Waals surface area contributed by atoms with Gasteiger partial charge >= 0.3 is 0 Å². The van der Waals surface area contributed by atoms with Crippen molar-refractivity contribution >= 4 is 40.1 Å². The molecule has 3 heterocycles. The minimum atomic E-state index is 0.103. The number of amides is 1. The lowest BCUT2D eigenvalue weighted by Gasteiger charge is -2.36. The fraction of sp³-hybridized carbons (Fsp3) is 0.450. The van der Waals surface area contributed by atoms with Crippen LogP contribution in [0.2, 0.25) is 0 Å². The van der Waals surface area contributed by atoms with Crippen molar-refractivity contribution in [3.63, 3.8) is 0 Å². The summed E-state index contributed by atoms with van der Waals surface area (Å²) < 4.78 is 6.52. The van der Waals surface area contributed by atoms with Gasteiger partial charge in [0.15, 0.2) is 0 Å². The Bertz CT molecular complexity index is 848. The van der Waals surface area contributed by atoms with Crippen molar-refractivity contribution in [2.45, 2.75) is 6.92 Å². The maximum atomic E-state index is 12.8. The second-order valence-corrected chi connectivity index (χ2v) is 8.27. The fourth-order valence-electron chi connectivity index (χ4n) is 3.60. The highest BCUT2D eigenvalue weighted by atomic mass is 127. The maximum absolute atomic E-state index is 12.8. The Balaban J connectivity index is 1.43. The topological polar surface area (TPSA) is 61.8 Å². The summed E-state index contributed by atoms with van der Waals surface area (Å²) in [6.45, 7) is 8.05. The van der Waals surface area contributed by atoms with Crippen LogP contribution in [0.4, 0.5) is 11.6 Å². The number of rotatable bonds is 3. The largest absolute Gasteiger partial charge is 0.378 e. The molecule has 1 aromatic carbocycles. The van der Waals surface area contributed by atoms with Crippen LogP contribution in [0.5, 0.6) is 0 Å². The van der Waals surface area contributed by atoms with Gasteiger partial charge < -0.3 is 19.4 Å². The van der Waals surface area contributed by atoms with Gasteiger partial charge in [0.05, 0.1) is 13.2 Å². The van der Waals surface area contributed by atoms with Crippen LogP contribution in [0.25, 0.3) is 0 Å². The Morgan fingerprint density at radius 1 is 0.964 bits per heavy atom. The molecule has 2 saturated heterocycles. The zero-order chi connectivity index (χ0) is 19.5. The van der Waals surface area contributed by atoms with E-state index >= 15 is 0 Å². The van der Waals surface area contributed by atoms with Gasteiger partial charge in [0, 0.05) is 54.5 Å². The van der Waals surface area contributed by atoms with Crippen molar-refractivity contribution < 1.29 is 9.53 Å². The van der Waals surface area contributed by atoms with E-state index in [1.807, 2.05) is 36.1 Å². The van der Waals surface area contributed by atoms with E-state index in [-0.39, 0.29) is 5.91 Å². The number of anilines is 2. The molecule has 2 aliphatic heterocycles. The van der Waals surface area contributed by atoms with Crippen LogP contribution in [-0.2, 0) is 4.74 Å². The molecule has 148 valence electrons. The Hall–Kier alpha value is -1.94. The second kappa shape index (κ2) is 8.60. The summed E-state index contributed by atoms with van der Waals surface area (Å²) in [6, 6.07) is 9.83. The van der Waals surface area contributed by atoms with Crippen molar-refractivity contribution in [2.24, 2.45) is 0 Å². The minimum absolute atomic E-state index is 0.103. The third-order valence-corrected chi connectivity index (χ3v) is 5.78. The molecule has 4 rings (SSSR count). The van der Waals surface area contributed by atoms with E-state index in [0.717, 1.165) is 66.0 Å². The third kappa shape index (κ3) is 4.38. The molecule has 0 N–H and O–H groups in total. The molecular weight excluding hydrogens is 469 g/mol. The molecule has 0 bridgehead atoms. The van der Waals surface area contributed by atoms with E-state index in [0.29, 0.717) is 13.1 Å². The van der Waals surface area contributed by atoms with Crippen molar-refractivity contribution in [3.05, 3.63) is 45.3 Å². The number of morpholine rings is 1. The summed E-state index contributed by atoms with van der Waals surface area (Å²) in [5, 5.41) is 0. The van der Waals surface area contributed by atoms with Gasteiger partial charge in [-0.05, 0) is 47.7 Å². The Morgan fingerprint density at radius 2 is 1.61 bits per heavy atom. The monoisotopic (exact) mass is 493 g/mol. The van der Waals surface area contributed by atoms with Crippen LogP contribution in [0, 0.1) is 10.5 Å². The van der Waals surface area contributed by atoms with E-state index in [1.54, 1.807) is 0 Å². The van der Waals surface area contributed by atoms with Crippen molar-refractivity contribution in [1.29, 1.82) is 0 Å². The smallest absolute Gasteiger partial charge is 0.254 e. The number of carbonyl (C=O) groups excluding carboxylic acids is 1. The fourth-order valence-corrected chi connectivity index (χ4v) is 4.14. The van der Waals surface area contributed by atoms with Crippen molar-refractivity contribution in [3.8, 4) is 0 Å². The van der Waals surface area contributed by atoms with E-state index in [2.05, 4.69) is 48.4 Å². The minimum Gasteiger partial charge on any atom is -0.378 e. The number of ether oxygens (including phenoxy) is 1. The number of benzene rings is 1. The molecule has 2 fully saturated rings. The summed E-state index contributed by atoms with van der Waals surface area (Å²) in [6.07, 6.45) is 0. The van der Waals surface area contributed by atoms with Crippen LogP contribution < -0.4 is 9.80 Å². The standard InChI is InChI=1S/C20H24IN5O2/c1-15-22-18(14-19(23-15)25-9-11-28-12-10-25)24-5-7-26(8-6-24)20(27)16-3-2-4-17(21)13-16/h2-4,13-14H,5-12H2,1H3. The van der Waals surface area contributed by atoms with Crippen LogP contribution in [0.15, 0.2) is 30.3 Å². The molecule has 1 amide bonds. The van der Waals surface area contributed by atoms with E-state index in [4.69, 9.17) is 4.74 Å². The Labute approximate surface area is 178 Å². The first-order chi connectivity index (χ1) is 13.6. The highest BCUT2D eigenvalue weighted by Gasteiger charge is 2.24. The molecule has 0 spiro atoms. The van der Waals surface area contributed by atoms with E-state index < -0.39 is 0 Å². The first-order valence-electron chi connectivity index (χ1n) is 9.58. The molecule has 0 saturated carbocycles. The average Bonchev–Trinajstić information content (AvgIpc) is 2.73. The summed E-state index contributed by atoms with van der Waals surface area (Å²) in [4.78, 5) is 28.5. The number of hydrogen-bond acceptors (Lipinski definition) is 6. The lowest BCUT2D eigenvalue weighted by atomic mass is 10.2. The van der Waals surface area contributed by atoms with Gasteiger partial charge in [-0.15, -0.1) is 0 Å². The summed E-state index contributed by atoms with van der Waals surface area (Å²) in [5.41, 5.74) is 0.757. The Kier molecular flexibility index (Phi) is 5.96. The predicted molar refractivity (Wildman–Crippen MR) is 117 cm³/mol. The number of nitrogens with zero attached hydrogens (tertiary/aromatic N) is 5. The number of aromatic nitrogens is 2. The molecule has 28 heavy (non-hydrogen) atoms. The molecule has 0 unspecified atom stereocenters. The molecule has 2 aliphatic rings. The number of halogens is 1. The number of piperazine rings is 1. The van der Waals surface area contributed by atoms with Crippen molar-refractivity contribution in [1.82, 2.24) is 14.9 Å². The number of aryl methyl sites for hydroxylation is 1. The van der Waals surface area contributed by atoms with Gasteiger partial charge in [-0.3, -0.25) is 4.79 Å². The van der Waals surface area contributed by atoms with Crippen LogP contribution in [0.1, 0.15) is 16.2 Å². The quantitative estimate of drug-likeness (QED) is 0.612. The molecule has 2 aromatic rings. The third-order valence-electron chi connectivity index (χ3n) is 5.11.